The largest absolute Gasteiger partial charge is 0.497 e. The molecule has 0 aromatic heterocycles. The summed E-state index contributed by atoms with van der Waals surface area (Å²) in [6.07, 6.45) is -0.612. The van der Waals surface area contributed by atoms with E-state index in [0.29, 0.717) is 24.7 Å². The normalized spacial score (nSPS) is 12.2. The van der Waals surface area contributed by atoms with Crippen LogP contribution in [0.4, 0.5) is 0 Å². The summed E-state index contributed by atoms with van der Waals surface area (Å²) in [6.45, 7) is 8.95. The average molecular weight is 371 g/mol. The van der Waals surface area contributed by atoms with Gasteiger partial charge in [-0.2, -0.15) is 0 Å². The minimum absolute atomic E-state index is 0.00106. The average Bonchev–Trinajstić information content (AvgIpc) is 2.64. The van der Waals surface area contributed by atoms with Crippen LogP contribution in [-0.2, 0) is 10.2 Å². The van der Waals surface area contributed by atoms with Crippen molar-refractivity contribution in [1.82, 2.24) is 5.32 Å². The van der Waals surface area contributed by atoms with Gasteiger partial charge in [0.25, 0.3) is 5.91 Å². The standard InChI is InChI=1S/C22H29NO4/c1-16(27-18-10-8-9-17(15-18)25-5)21(24)23-13-14-26-20-12-7-6-11-19(20)22(2,3)4/h6-12,15-16H,13-14H2,1-5H3,(H,23,24)/t16-/m0/s1. The van der Waals surface area contributed by atoms with Crippen LogP contribution in [0.25, 0.3) is 0 Å². The highest BCUT2D eigenvalue weighted by atomic mass is 16.5. The zero-order valence-corrected chi connectivity index (χ0v) is 16.7. The lowest BCUT2D eigenvalue weighted by Crippen LogP contribution is -2.38. The van der Waals surface area contributed by atoms with Gasteiger partial charge < -0.3 is 19.5 Å². The summed E-state index contributed by atoms with van der Waals surface area (Å²) in [5.41, 5.74) is 1.14. The molecule has 2 rings (SSSR count). The van der Waals surface area contributed by atoms with Gasteiger partial charge in [-0.25, -0.2) is 0 Å². The Labute approximate surface area is 161 Å². The van der Waals surface area contributed by atoms with Gasteiger partial charge in [0.1, 0.15) is 23.9 Å². The monoisotopic (exact) mass is 371 g/mol. The zero-order valence-electron chi connectivity index (χ0n) is 16.7. The van der Waals surface area contributed by atoms with E-state index in [1.165, 1.54) is 0 Å². The molecule has 0 saturated carbocycles. The number of para-hydroxylation sites is 1. The number of hydrogen-bond donors (Lipinski definition) is 1. The first-order valence-corrected chi connectivity index (χ1v) is 9.12. The van der Waals surface area contributed by atoms with Crippen molar-refractivity contribution >= 4 is 5.91 Å². The van der Waals surface area contributed by atoms with E-state index >= 15 is 0 Å². The lowest BCUT2D eigenvalue weighted by Gasteiger charge is -2.22. The first-order chi connectivity index (χ1) is 12.8. The van der Waals surface area contributed by atoms with Crippen molar-refractivity contribution in [2.45, 2.75) is 39.2 Å². The Kier molecular flexibility index (Phi) is 7.11. The fraction of sp³-hybridized carbons (Fsp3) is 0.409. The zero-order chi connectivity index (χ0) is 19.9. The Bertz CT molecular complexity index is 752. The SMILES string of the molecule is COc1cccc(O[C@@H](C)C(=O)NCCOc2ccccc2C(C)(C)C)c1. The molecule has 5 nitrogen and oxygen atoms in total. The molecule has 2 aromatic carbocycles. The molecule has 0 spiro atoms. The van der Waals surface area contributed by atoms with Crippen LogP contribution in [-0.4, -0.2) is 32.3 Å². The highest BCUT2D eigenvalue weighted by molar-refractivity contribution is 5.80. The summed E-state index contributed by atoms with van der Waals surface area (Å²) in [5, 5.41) is 2.84. The van der Waals surface area contributed by atoms with Gasteiger partial charge in [0.05, 0.1) is 13.7 Å². The number of amides is 1. The topological polar surface area (TPSA) is 56.8 Å². The van der Waals surface area contributed by atoms with Crippen molar-refractivity contribution in [1.29, 1.82) is 0 Å². The summed E-state index contributed by atoms with van der Waals surface area (Å²) in [5.74, 6) is 1.93. The van der Waals surface area contributed by atoms with E-state index in [1.54, 1.807) is 26.2 Å². The molecule has 1 amide bonds. The third-order valence-corrected chi connectivity index (χ3v) is 4.08. The molecule has 1 atom stereocenters. The third-order valence-electron chi connectivity index (χ3n) is 4.08. The van der Waals surface area contributed by atoms with Crippen LogP contribution in [0, 0.1) is 0 Å². The van der Waals surface area contributed by atoms with Gasteiger partial charge in [0.2, 0.25) is 0 Å². The predicted octanol–water partition coefficient (Wildman–Crippen LogP) is 3.96. The van der Waals surface area contributed by atoms with E-state index in [-0.39, 0.29) is 11.3 Å². The molecule has 1 N–H and O–H groups in total. The molecule has 0 saturated heterocycles. The molecular weight excluding hydrogens is 342 g/mol. The fourth-order valence-corrected chi connectivity index (χ4v) is 2.62. The van der Waals surface area contributed by atoms with Crippen molar-refractivity contribution in [2.75, 3.05) is 20.3 Å². The molecule has 0 aliphatic heterocycles. The summed E-state index contributed by atoms with van der Waals surface area (Å²) in [7, 11) is 1.59. The van der Waals surface area contributed by atoms with Crippen LogP contribution in [0.1, 0.15) is 33.3 Å². The molecule has 0 aliphatic carbocycles. The maximum atomic E-state index is 12.2. The third kappa shape index (κ3) is 6.20. The van der Waals surface area contributed by atoms with Gasteiger partial charge in [-0.1, -0.05) is 45.0 Å². The second kappa shape index (κ2) is 9.31. The van der Waals surface area contributed by atoms with E-state index < -0.39 is 6.10 Å². The quantitative estimate of drug-likeness (QED) is 0.714. The minimum Gasteiger partial charge on any atom is -0.497 e. The lowest BCUT2D eigenvalue weighted by atomic mass is 9.86. The molecule has 27 heavy (non-hydrogen) atoms. The van der Waals surface area contributed by atoms with E-state index in [4.69, 9.17) is 14.2 Å². The van der Waals surface area contributed by atoms with Crippen LogP contribution < -0.4 is 19.5 Å². The Hall–Kier alpha value is -2.69. The Morgan fingerprint density at radius 3 is 2.48 bits per heavy atom. The van der Waals surface area contributed by atoms with Crippen molar-refractivity contribution in [2.24, 2.45) is 0 Å². The first kappa shape index (κ1) is 20.6. The molecule has 0 aliphatic rings. The van der Waals surface area contributed by atoms with Gasteiger partial charge in [0, 0.05) is 6.07 Å². The second-order valence-corrected chi connectivity index (χ2v) is 7.32. The van der Waals surface area contributed by atoms with E-state index in [1.807, 2.05) is 30.3 Å². The number of benzene rings is 2. The summed E-state index contributed by atoms with van der Waals surface area (Å²) in [6, 6.07) is 15.2. The Morgan fingerprint density at radius 2 is 1.78 bits per heavy atom. The van der Waals surface area contributed by atoms with Gasteiger partial charge in [-0.05, 0) is 36.1 Å². The lowest BCUT2D eigenvalue weighted by molar-refractivity contribution is -0.127. The second-order valence-electron chi connectivity index (χ2n) is 7.32. The van der Waals surface area contributed by atoms with Gasteiger partial charge >= 0.3 is 0 Å². The molecular formula is C22H29NO4. The molecule has 2 aromatic rings. The van der Waals surface area contributed by atoms with Crippen molar-refractivity contribution < 1.29 is 19.0 Å². The van der Waals surface area contributed by atoms with Crippen LogP contribution in [0.2, 0.25) is 0 Å². The maximum absolute atomic E-state index is 12.2. The Morgan fingerprint density at radius 1 is 1.07 bits per heavy atom. The molecule has 0 heterocycles. The number of carbonyl (C=O) groups excluding carboxylic acids is 1. The number of carbonyl (C=O) groups is 1. The summed E-state index contributed by atoms with van der Waals surface area (Å²) >= 11 is 0. The number of methoxy groups -OCH3 is 1. The number of rotatable bonds is 8. The molecule has 146 valence electrons. The number of ether oxygens (including phenoxy) is 3. The maximum Gasteiger partial charge on any atom is 0.260 e. The van der Waals surface area contributed by atoms with Crippen molar-refractivity contribution in [3.8, 4) is 17.2 Å². The first-order valence-electron chi connectivity index (χ1n) is 9.12. The van der Waals surface area contributed by atoms with Crippen molar-refractivity contribution in [3.63, 3.8) is 0 Å². The number of nitrogens with one attached hydrogen (secondary N) is 1. The highest BCUT2D eigenvalue weighted by Crippen LogP contribution is 2.30. The van der Waals surface area contributed by atoms with Crippen LogP contribution >= 0.6 is 0 Å². The summed E-state index contributed by atoms with van der Waals surface area (Å²) < 4.78 is 16.7. The van der Waals surface area contributed by atoms with Crippen LogP contribution in [0.5, 0.6) is 17.2 Å². The van der Waals surface area contributed by atoms with E-state index in [9.17, 15) is 4.79 Å². The predicted molar refractivity (Wildman–Crippen MR) is 107 cm³/mol. The van der Waals surface area contributed by atoms with Gasteiger partial charge in [-0.15, -0.1) is 0 Å². The van der Waals surface area contributed by atoms with E-state index in [2.05, 4.69) is 32.2 Å². The smallest absolute Gasteiger partial charge is 0.260 e. The molecule has 5 heteroatoms. The molecule has 0 fully saturated rings. The van der Waals surface area contributed by atoms with E-state index in [0.717, 1.165) is 11.3 Å². The molecule has 0 bridgehead atoms. The molecule has 0 unspecified atom stereocenters. The van der Waals surface area contributed by atoms with Crippen molar-refractivity contribution in [3.05, 3.63) is 54.1 Å². The van der Waals surface area contributed by atoms with Gasteiger partial charge in [0.15, 0.2) is 6.10 Å². The van der Waals surface area contributed by atoms with Crippen LogP contribution in [0.15, 0.2) is 48.5 Å². The Balaban J connectivity index is 1.81. The minimum atomic E-state index is -0.612. The van der Waals surface area contributed by atoms with Gasteiger partial charge in [-0.3, -0.25) is 4.79 Å². The molecule has 0 radical (unpaired) electrons. The highest BCUT2D eigenvalue weighted by Gasteiger charge is 2.18. The van der Waals surface area contributed by atoms with Crippen LogP contribution in [0.3, 0.4) is 0 Å². The number of hydrogen-bond acceptors (Lipinski definition) is 4. The fourth-order valence-electron chi connectivity index (χ4n) is 2.62. The summed E-state index contributed by atoms with van der Waals surface area (Å²) in [4.78, 5) is 12.2.